The molecule has 2 aromatic carbocycles. The summed E-state index contributed by atoms with van der Waals surface area (Å²) < 4.78 is 25.2. The lowest BCUT2D eigenvalue weighted by atomic mass is 10.2. The van der Waals surface area contributed by atoms with Gasteiger partial charge in [-0.15, -0.1) is 0 Å². The summed E-state index contributed by atoms with van der Waals surface area (Å²) in [5, 5.41) is -0.534. The van der Waals surface area contributed by atoms with Gasteiger partial charge in [-0.25, -0.2) is 8.42 Å². The predicted molar refractivity (Wildman–Crippen MR) is 96.0 cm³/mol. The van der Waals surface area contributed by atoms with Crippen LogP contribution in [0.15, 0.2) is 48.5 Å². The summed E-state index contributed by atoms with van der Waals surface area (Å²) in [6, 6.07) is 14.2. The summed E-state index contributed by atoms with van der Waals surface area (Å²) in [4.78, 5) is 14.3. The van der Waals surface area contributed by atoms with E-state index in [-0.39, 0.29) is 11.7 Å². The molecular weight excluding hydrogens is 346 g/mol. The molecule has 1 atom stereocenters. The van der Waals surface area contributed by atoms with Crippen LogP contribution in [0.25, 0.3) is 0 Å². The molecule has 0 radical (unpaired) electrons. The number of fused-ring (bicyclic) bond motifs is 1. The third-order valence-electron chi connectivity index (χ3n) is 4.32. The minimum absolute atomic E-state index is 0.174. The van der Waals surface area contributed by atoms with E-state index >= 15 is 0 Å². The molecule has 0 saturated heterocycles. The molecule has 0 aromatic heterocycles. The third-order valence-corrected chi connectivity index (χ3v) is 6.59. The lowest BCUT2D eigenvalue weighted by Crippen LogP contribution is -2.41. The van der Waals surface area contributed by atoms with Crippen LogP contribution in [0.4, 0.5) is 5.69 Å². The Bertz CT molecular complexity index is 862. The second-order valence-corrected chi connectivity index (χ2v) is 8.70. The van der Waals surface area contributed by atoms with Crippen LogP contribution < -0.4 is 4.90 Å². The molecule has 126 valence electrons. The molecule has 1 unspecified atom stereocenters. The summed E-state index contributed by atoms with van der Waals surface area (Å²) in [5.74, 6) is -0.541. The Morgan fingerprint density at radius 2 is 1.83 bits per heavy atom. The molecule has 0 saturated carbocycles. The number of halogens is 1. The minimum atomic E-state index is -3.60. The molecule has 1 heterocycles. The van der Waals surface area contributed by atoms with Crippen molar-refractivity contribution < 1.29 is 13.2 Å². The minimum Gasteiger partial charge on any atom is -0.311 e. The van der Waals surface area contributed by atoms with Crippen molar-refractivity contribution in [3.05, 3.63) is 64.7 Å². The van der Waals surface area contributed by atoms with Gasteiger partial charge in [0.25, 0.3) is 0 Å². The first-order chi connectivity index (χ1) is 11.4. The number of benzene rings is 2. The van der Waals surface area contributed by atoms with Crippen LogP contribution in [0.3, 0.4) is 0 Å². The van der Waals surface area contributed by atoms with Crippen molar-refractivity contribution in [3.8, 4) is 0 Å². The Hall–Kier alpha value is -1.85. The molecule has 1 amide bonds. The second kappa shape index (κ2) is 6.57. The number of para-hydroxylation sites is 1. The van der Waals surface area contributed by atoms with E-state index in [4.69, 9.17) is 11.6 Å². The Kier molecular flexibility index (Phi) is 4.65. The normalized spacial score (nSPS) is 15.2. The summed E-state index contributed by atoms with van der Waals surface area (Å²) in [5.41, 5.74) is 2.52. The summed E-state index contributed by atoms with van der Waals surface area (Å²) in [6.07, 6.45) is 0.756. The molecular formula is C18H18ClNO3S. The van der Waals surface area contributed by atoms with Crippen LogP contribution >= 0.6 is 11.6 Å². The number of carbonyl (C=O) groups is 1. The monoisotopic (exact) mass is 363 g/mol. The van der Waals surface area contributed by atoms with Crippen molar-refractivity contribution in [1.29, 1.82) is 0 Å². The average Bonchev–Trinajstić information content (AvgIpc) is 2.99. The zero-order valence-electron chi connectivity index (χ0n) is 13.3. The number of hydrogen-bond acceptors (Lipinski definition) is 3. The fourth-order valence-corrected chi connectivity index (χ4v) is 4.35. The van der Waals surface area contributed by atoms with Crippen molar-refractivity contribution in [2.24, 2.45) is 0 Å². The summed E-state index contributed by atoms with van der Waals surface area (Å²) in [6.45, 7) is 1.99. The van der Waals surface area contributed by atoms with E-state index in [9.17, 15) is 13.2 Å². The van der Waals surface area contributed by atoms with Crippen LogP contribution in [0.5, 0.6) is 0 Å². The van der Waals surface area contributed by atoms with Crippen LogP contribution in [-0.4, -0.2) is 26.1 Å². The number of hydrogen-bond donors (Lipinski definition) is 0. The first-order valence-corrected chi connectivity index (χ1v) is 9.83. The van der Waals surface area contributed by atoms with Crippen molar-refractivity contribution in [2.75, 3.05) is 11.4 Å². The second-order valence-electron chi connectivity index (χ2n) is 5.94. The maximum Gasteiger partial charge on any atom is 0.245 e. The number of sulfone groups is 1. The predicted octanol–water partition coefficient (Wildman–Crippen LogP) is 3.23. The van der Waals surface area contributed by atoms with Gasteiger partial charge in [-0.3, -0.25) is 4.79 Å². The number of carbonyl (C=O) groups excluding carboxylic acids is 1. The van der Waals surface area contributed by atoms with Crippen LogP contribution in [0, 0.1) is 0 Å². The van der Waals surface area contributed by atoms with Crippen LogP contribution in [-0.2, 0) is 26.8 Å². The van der Waals surface area contributed by atoms with Crippen LogP contribution in [0.2, 0.25) is 5.02 Å². The summed E-state index contributed by atoms with van der Waals surface area (Å²) >= 11 is 5.82. The Labute approximate surface area is 147 Å². The Morgan fingerprint density at radius 3 is 2.54 bits per heavy atom. The zero-order chi connectivity index (χ0) is 17.3. The topological polar surface area (TPSA) is 54.5 Å². The summed E-state index contributed by atoms with van der Waals surface area (Å²) in [7, 11) is -3.60. The van der Waals surface area contributed by atoms with Gasteiger partial charge in [0.2, 0.25) is 5.91 Å². The lowest BCUT2D eigenvalue weighted by molar-refractivity contribution is -0.117. The lowest BCUT2D eigenvalue weighted by Gasteiger charge is -2.21. The van der Waals surface area contributed by atoms with E-state index < -0.39 is 15.1 Å². The van der Waals surface area contributed by atoms with E-state index in [0.717, 1.165) is 17.7 Å². The molecule has 24 heavy (non-hydrogen) atoms. The highest BCUT2D eigenvalue weighted by molar-refractivity contribution is 7.92. The highest BCUT2D eigenvalue weighted by Crippen LogP contribution is 2.29. The van der Waals surface area contributed by atoms with Gasteiger partial charge in [0.1, 0.15) is 5.25 Å². The maximum absolute atomic E-state index is 12.7. The molecule has 3 rings (SSSR count). The van der Waals surface area contributed by atoms with Gasteiger partial charge in [-0.2, -0.15) is 0 Å². The SMILES string of the molecule is CC(C(=O)N1CCc2ccccc21)S(=O)(=O)Cc1ccc(Cl)cc1. The molecule has 0 bridgehead atoms. The molecule has 2 aromatic rings. The van der Waals surface area contributed by atoms with Crippen molar-refractivity contribution >= 4 is 33.0 Å². The van der Waals surface area contributed by atoms with Gasteiger partial charge in [-0.1, -0.05) is 41.9 Å². The first-order valence-electron chi connectivity index (χ1n) is 7.74. The van der Waals surface area contributed by atoms with E-state index in [1.54, 1.807) is 29.2 Å². The number of rotatable bonds is 4. The number of nitrogens with zero attached hydrogens (tertiary/aromatic N) is 1. The molecule has 4 nitrogen and oxygen atoms in total. The highest BCUT2D eigenvalue weighted by atomic mass is 35.5. The molecule has 1 aliphatic rings. The first kappa shape index (κ1) is 17.0. The number of amides is 1. The largest absolute Gasteiger partial charge is 0.311 e. The molecule has 0 fully saturated rings. The number of anilines is 1. The smallest absolute Gasteiger partial charge is 0.245 e. The fraction of sp³-hybridized carbons (Fsp3) is 0.278. The quantitative estimate of drug-likeness (QED) is 0.838. The molecule has 0 N–H and O–H groups in total. The Balaban J connectivity index is 1.79. The van der Waals surface area contributed by atoms with Gasteiger partial charge in [0.05, 0.1) is 5.75 Å². The van der Waals surface area contributed by atoms with E-state index in [2.05, 4.69) is 0 Å². The van der Waals surface area contributed by atoms with Crippen molar-refractivity contribution in [3.63, 3.8) is 0 Å². The molecule has 0 aliphatic carbocycles. The average molecular weight is 364 g/mol. The zero-order valence-corrected chi connectivity index (χ0v) is 14.8. The van der Waals surface area contributed by atoms with Gasteiger partial charge in [0, 0.05) is 17.3 Å². The molecule has 0 spiro atoms. The molecule has 6 heteroatoms. The van der Waals surface area contributed by atoms with E-state index in [1.165, 1.54) is 6.92 Å². The standard InChI is InChI=1S/C18H18ClNO3S/c1-13(24(22,23)12-14-6-8-16(19)9-7-14)18(21)20-11-10-15-4-2-3-5-17(15)20/h2-9,13H,10-12H2,1H3. The van der Waals surface area contributed by atoms with Gasteiger partial charge in [-0.05, 0) is 42.7 Å². The van der Waals surface area contributed by atoms with Gasteiger partial charge < -0.3 is 4.90 Å². The van der Waals surface area contributed by atoms with Crippen molar-refractivity contribution in [1.82, 2.24) is 0 Å². The van der Waals surface area contributed by atoms with E-state index in [0.29, 0.717) is 17.1 Å². The van der Waals surface area contributed by atoms with Gasteiger partial charge in [0.15, 0.2) is 9.84 Å². The third kappa shape index (κ3) is 3.32. The van der Waals surface area contributed by atoms with Crippen molar-refractivity contribution in [2.45, 2.75) is 24.3 Å². The highest BCUT2D eigenvalue weighted by Gasteiger charge is 2.34. The van der Waals surface area contributed by atoms with E-state index in [1.807, 2.05) is 24.3 Å². The molecule has 1 aliphatic heterocycles. The van der Waals surface area contributed by atoms with Gasteiger partial charge >= 0.3 is 0 Å². The van der Waals surface area contributed by atoms with Crippen LogP contribution in [0.1, 0.15) is 18.1 Å². The Morgan fingerprint density at radius 1 is 1.17 bits per heavy atom. The fourth-order valence-electron chi connectivity index (χ4n) is 2.88. The maximum atomic E-state index is 12.7.